The Morgan fingerprint density at radius 3 is 2.66 bits per heavy atom. The molecule has 1 amide bonds. The van der Waals surface area contributed by atoms with Crippen molar-refractivity contribution in [3.8, 4) is 23.3 Å². The summed E-state index contributed by atoms with van der Waals surface area (Å²) in [6.07, 6.45) is 0. The molecule has 1 fully saturated rings. The number of nitriles is 2. The SMILES string of the molecule is CN1C(=N)N[C@](C)(c2cc(-c3cccc(C#N)c3)cs2)[C@H](c2ccc3c(C#N)n(C)nc3c2)C1=O. The van der Waals surface area contributed by atoms with Crippen LogP contribution in [-0.2, 0) is 17.4 Å². The van der Waals surface area contributed by atoms with E-state index >= 15 is 0 Å². The van der Waals surface area contributed by atoms with Crippen molar-refractivity contribution in [3.63, 3.8) is 0 Å². The van der Waals surface area contributed by atoms with Gasteiger partial charge in [0, 0.05) is 24.4 Å². The topological polar surface area (TPSA) is 122 Å². The van der Waals surface area contributed by atoms with Crippen molar-refractivity contribution in [2.24, 2.45) is 7.05 Å². The fourth-order valence-electron chi connectivity index (χ4n) is 4.69. The zero-order valence-corrected chi connectivity index (χ0v) is 20.1. The maximum atomic E-state index is 13.6. The molecule has 0 bridgehead atoms. The zero-order valence-electron chi connectivity index (χ0n) is 19.3. The van der Waals surface area contributed by atoms with Crippen molar-refractivity contribution < 1.29 is 4.79 Å². The molecule has 2 aromatic heterocycles. The van der Waals surface area contributed by atoms with Crippen LogP contribution >= 0.6 is 11.3 Å². The third kappa shape index (κ3) is 3.45. The van der Waals surface area contributed by atoms with E-state index < -0.39 is 11.5 Å². The summed E-state index contributed by atoms with van der Waals surface area (Å²) in [5, 5.41) is 37.6. The Morgan fingerprint density at radius 2 is 1.91 bits per heavy atom. The van der Waals surface area contributed by atoms with E-state index in [-0.39, 0.29) is 11.9 Å². The molecule has 0 saturated carbocycles. The number of fused-ring (bicyclic) bond motifs is 1. The minimum atomic E-state index is -0.892. The molecule has 0 aliphatic carbocycles. The lowest BCUT2D eigenvalue weighted by Crippen LogP contribution is -2.62. The van der Waals surface area contributed by atoms with Crippen LogP contribution in [0.2, 0.25) is 0 Å². The second kappa shape index (κ2) is 8.08. The summed E-state index contributed by atoms with van der Waals surface area (Å²) in [6.45, 7) is 1.93. The second-order valence-electron chi connectivity index (χ2n) is 8.76. The zero-order chi connectivity index (χ0) is 24.9. The number of benzene rings is 2. The van der Waals surface area contributed by atoms with Gasteiger partial charge in [0.15, 0.2) is 5.96 Å². The van der Waals surface area contributed by atoms with Crippen LogP contribution in [0.1, 0.15) is 34.5 Å². The summed E-state index contributed by atoms with van der Waals surface area (Å²) < 4.78 is 1.54. The molecule has 35 heavy (non-hydrogen) atoms. The van der Waals surface area contributed by atoms with Gasteiger partial charge in [0.25, 0.3) is 0 Å². The van der Waals surface area contributed by atoms with Crippen LogP contribution in [0.25, 0.3) is 22.0 Å². The average molecular weight is 480 g/mol. The number of hydrogen-bond acceptors (Lipinski definition) is 6. The smallest absolute Gasteiger partial charge is 0.239 e. The van der Waals surface area contributed by atoms with Crippen molar-refractivity contribution in [1.29, 1.82) is 15.9 Å². The lowest BCUT2D eigenvalue weighted by Gasteiger charge is -2.45. The lowest BCUT2D eigenvalue weighted by atomic mass is 9.76. The van der Waals surface area contributed by atoms with Crippen LogP contribution in [0.5, 0.6) is 0 Å². The number of hydrogen-bond donors (Lipinski definition) is 2. The van der Waals surface area contributed by atoms with Gasteiger partial charge in [0.2, 0.25) is 5.91 Å². The van der Waals surface area contributed by atoms with E-state index in [2.05, 4.69) is 22.6 Å². The number of rotatable bonds is 3. The fourth-order valence-corrected chi connectivity index (χ4v) is 5.76. The maximum Gasteiger partial charge on any atom is 0.239 e. The number of carbonyl (C=O) groups is 1. The highest BCUT2D eigenvalue weighted by molar-refractivity contribution is 7.10. The summed E-state index contributed by atoms with van der Waals surface area (Å²) in [4.78, 5) is 15.8. The van der Waals surface area contributed by atoms with Crippen LogP contribution in [-0.4, -0.2) is 33.6 Å². The molecule has 3 heterocycles. The highest BCUT2D eigenvalue weighted by Gasteiger charge is 2.49. The standard InChI is InChI=1S/C26H21N7OS/c1-26(22-11-18(14-35-22)16-6-4-5-15(9-16)12-27)23(24(34)32(2)25(29)30-26)17-7-8-19-20(10-17)31-33(3)21(19)13-28/h4-11,14,23H,1-3H3,(H2,29,30)/t23-,26-/m1/s1. The van der Waals surface area contributed by atoms with Crippen molar-refractivity contribution >= 4 is 34.1 Å². The Labute approximate surface area is 206 Å². The molecule has 1 aliphatic rings. The maximum absolute atomic E-state index is 13.6. The summed E-state index contributed by atoms with van der Waals surface area (Å²) in [7, 11) is 3.31. The Balaban J connectivity index is 1.63. The molecule has 8 nitrogen and oxygen atoms in total. The molecule has 172 valence electrons. The number of likely N-dealkylation sites (N-methyl/N-ethyl adjacent to an activating group) is 1. The second-order valence-corrected chi connectivity index (χ2v) is 9.67. The molecule has 0 spiro atoms. The number of thiophene rings is 1. The van der Waals surface area contributed by atoms with Gasteiger partial charge in [-0.2, -0.15) is 15.6 Å². The third-order valence-corrected chi connectivity index (χ3v) is 7.77. The first-order chi connectivity index (χ1) is 16.8. The minimum Gasteiger partial charge on any atom is -0.345 e. The summed E-state index contributed by atoms with van der Waals surface area (Å²) in [5.41, 5.74) is 3.40. The molecule has 0 unspecified atom stereocenters. The van der Waals surface area contributed by atoms with Gasteiger partial charge in [-0.25, -0.2) is 0 Å². The van der Waals surface area contributed by atoms with Crippen molar-refractivity contribution in [2.45, 2.75) is 18.4 Å². The van der Waals surface area contributed by atoms with Gasteiger partial charge < -0.3 is 5.32 Å². The quantitative estimate of drug-likeness (QED) is 0.459. The first-order valence-electron chi connectivity index (χ1n) is 10.9. The summed E-state index contributed by atoms with van der Waals surface area (Å²) in [6, 6.07) is 19.3. The molecule has 5 rings (SSSR count). The van der Waals surface area contributed by atoms with Gasteiger partial charge in [-0.15, -0.1) is 11.3 Å². The normalized spacial score (nSPS) is 19.9. The first kappa shape index (κ1) is 22.3. The molecule has 2 aromatic carbocycles. The van der Waals surface area contributed by atoms with E-state index in [1.807, 2.05) is 54.8 Å². The molecule has 2 N–H and O–H groups in total. The van der Waals surface area contributed by atoms with Gasteiger partial charge in [0.1, 0.15) is 11.8 Å². The van der Waals surface area contributed by atoms with Gasteiger partial charge in [-0.3, -0.25) is 19.8 Å². The molecule has 2 atom stereocenters. The molecule has 4 aromatic rings. The number of guanidine groups is 1. The van der Waals surface area contributed by atoms with E-state index in [0.29, 0.717) is 16.8 Å². The van der Waals surface area contributed by atoms with Crippen LogP contribution in [0.15, 0.2) is 53.9 Å². The van der Waals surface area contributed by atoms with E-state index in [1.165, 1.54) is 20.9 Å². The van der Waals surface area contributed by atoms with Crippen molar-refractivity contribution in [1.82, 2.24) is 20.0 Å². The highest BCUT2D eigenvalue weighted by atomic mass is 32.1. The third-order valence-electron chi connectivity index (χ3n) is 6.60. The number of aryl methyl sites for hydroxylation is 1. The van der Waals surface area contributed by atoms with Gasteiger partial charge in [0.05, 0.1) is 28.6 Å². The van der Waals surface area contributed by atoms with Crippen LogP contribution in [0, 0.1) is 28.1 Å². The first-order valence-corrected chi connectivity index (χ1v) is 11.8. The fraction of sp³-hybridized carbons (Fsp3) is 0.192. The number of aromatic nitrogens is 2. The van der Waals surface area contributed by atoms with E-state index in [0.717, 1.165) is 27.0 Å². The van der Waals surface area contributed by atoms with E-state index in [9.17, 15) is 15.3 Å². The molecular formula is C26H21N7OS. The van der Waals surface area contributed by atoms with Crippen molar-refractivity contribution in [3.05, 3.63) is 75.6 Å². The highest BCUT2D eigenvalue weighted by Crippen LogP contribution is 2.44. The van der Waals surface area contributed by atoms with Crippen LogP contribution < -0.4 is 5.32 Å². The molecule has 0 radical (unpaired) electrons. The Hall–Kier alpha value is -4.47. The summed E-state index contributed by atoms with van der Waals surface area (Å²) in [5.74, 6) is -0.801. The number of amides is 1. The number of nitrogens with one attached hydrogen (secondary N) is 2. The van der Waals surface area contributed by atoms with Gasteiger partial charge in [-0.05, 0) is 59.3 Å². The molecule has 1 saturated heterocycles. The van der Waals surface area contributed by atoms with Crippen LogP contribution in [0.3, 0.4) is 0 Å². The number of carbonyl (C=O) groups excluding carboxylic acids is 1. The predicted molar refractivity (Wildman–Crippen MR) is 134 cm³/mol. The summed E-state index contributed by atoms with van der Waals surface area (Å²) >= 11 is 1.51. The lowest BCUT2D eigenvalue weighted by molar-refractivity contribution is -0.131. The molecule has 1 aliphatic heterocycles. The monoisotopic (exact) mass is 479 g/mol. The molecular weight excluding hydrogens is 458 g/mol. The molecule has 9 heteroatoms. The minimum absolute atomic E-state index is 0.0286. The van der Waals surface area contributed by atoms with Crippen molar-refractivity contribution in [2.75, 3.05) is 7.05 Å². The Morgan fingerprint density at radius 1 is 1.11 bits per heavy atom. The van der Waals surface area contributed by atoms with Crippen LogP contribution in [0.4, 0.5) is 0 Å². The van der Waals surface area contributed by atoms with E-state index in [1.54, 1.807) is 20.2 Å². The van der Waals surface area contributed by atoms with E-state index in [4.69, 9.17) is 5.41 Å². The number of nitrogens with zero attached hydrogens (tertiary/aromatic N) is 5. The van der Waals surface area contributed by atoms with Gasteiger partial charge in [-0.1, -0.05) is 18.2 Å². The van der Waals surface area contributed by atoms with Gasteiger partial charge >= 0.3 is 0 Å². The largest absolute Gasteiger partial charge is 0.345 e. The Kier molecular flexibility index (Phi) is 5.16. The average Bonchev–Trinajstić information content (AvgIpc) is 3.47. The predicted octanol–water partition coefficient (Wildman–Crippen LogP) is 4.04. The Bertz CT molecular complexity index is 1600.